The second kappa shape index (κ2) is 6.49. The van der Waals surface area contributed by atoms with Gasteiger partial charge < -0.3 is 20.0 Å². The predicted molar refractivity (Wildman–Crippen MR) is 84.0 cm³/mol. The van der Waals surface area contributed by atoms with Gasteiger partial charge in [-0.05, 0) is 30.3 Å². The highest BCUT2D eigenvalue weighted by atomic mass is 16.3. The standard InChI is InChI=1S/C16H13N5O2/c17-7-11(16(22)19-9-13-2-1-5-23-13)8-18-12-3-4-14-15(6-12)21-10-20-14/h1-6,8,10,18H,9H2,(H,19,22)(H,20,21)/b11-8-. The number of carbonyl (C=O) groups is 1. The summed E-state index contributed by atoms with van der Waals surface area (Å²) >= 11 is 0. The van der Waals surface area contributed by atoms with Crippen molar-refractivity contribution in [2.24, 2.45) is 0 Å². The Hall–Kier alpha value is -3.53. The molecule has 0 radical (unpaired) electrons. The fourth-order valence-corrected chi connectivity index (χ4v) is 2.01. The molecule has 114 valence electrons. The van der Waals surface area contributed by atoms with Crippen LogP contribution in [-0.2, 0) is 11.3 Å². The van der Waals surface area contributed by atoms with E-state index in [0.29, 0.717) is 5.76 Å². The zero-order chi connectivity index (χ0) is 16.1. The Morgan fingerprint density at radius 2 is 2.35 bits per heavy atom. The van der Waals surface area contributed by atoms with Crippen molar-refractivity contribution in [2.75, 3.05) is 5.32 Å². The number of aromatic amines is 1. The van der Waals surface area contributed by atoms with Gasteiger partial charge in [0.25, 0.3) is 5.91 Å². The van der Waals surface area contributed by atoms with Crippen molar-refractivity contribution < 1.29 is 9.21 Å². The minimum atomic E-state index is -0.473. The molecule has 0 fully saturated rings. The molecule has 1 aromatic carbocycles. The number of furan rings is 1. The summed E-state index contributed by atoms with van der Waals surface area (Å²) in [5.41, 5.74) is 2.43. The zero-order valence-electron chi connectivity index (χ0n) is 12.0. The van der Waals surface area contributed by atoms with Gasteiger partial charge in [-0.25, -0.2) is 4.98 Å². The number of carbonyl (C=O) groups excluding carboxylic acids is 1. The first-order valence-corrected chi connectivity index (χ1v) is 6.87. The number of rotatable bonds is 5. The maximum Gasteiger partial charge on any atom is 0.263 e. The van der Waals surface area contributed by atoms with Crippen LogP contribution in [0, 0.1) is 11.3 Å². The van der Waals surface area contributed by atoms with Crippen LogP contribution in [0.25, 0.3) is 11.0 Å². The molecule has 2 heterocycles. The summed E-state index contributed by atoms with van der Waals surface area (Å²) in [6.07, 6.45) is 4.50. The number of imidazole rings is 1. The van der Waals surface area contributed by atoms with Gasteiger partial charge in [-0.15, -0.1) is 0 Å². The van der Waals surface area contributed by atoms with Crippen LogP contribution in [0.15, 0.2) is 59.1 Å². The van der Waals surface area contributed by atoms with Crippen LogP contribution < -0.4 is 10.6 Å². The van der Waals surface area contributed by atoms with Gasteiger partial charge in [-0.2, -0.15) is 5.26 Å². The predicted octanol–water partition coefficient (Wildman–Crippen LogP) is 2.29. The van der Waals surface area contributed by atoms with Crippen LogP contribution in [-0.4, -0.2) is 15.9 Å². The largest absolute Gasteiger partial charge is 0.467 e. The number of aromatic nitrogens is 2. The zero-order valence-corrected chi connectivity index (χ0v) is 12.0. The number of fused-ring (bicyclic) bond motifs is 1. The fourth-order valence-electron chi connectivity index (χ4n) is 2.01. The van der Waals surface area contributed by atoms with Crippen molar-refractivity contribution in [2.45, 2.75) is 6.54 Å². The van der Waals surface area contributed by atoms with Crippen LogP contribution in [0.1, 0.15) is 5.76 Å². The highest BCUT2D eigenvalue weighted by Gasteiger charge is 2.09. The topological polar surface area (TPSA) is 107 Å². The fraction of sp³-hybridized carbons (Fsp3) is 0.0625. The molecule has 1 amide bonds. The molecule has 0 aliphatic carbocycles. The summed E-state index contributed by atoms with van der Waals surface area (Å²) in [5.74, 6) is 0.146. The number of nitrogens with zero attached hydrogens (tertiary/aromatic N) is 2. The first-order valence-electron chi connectivity index (χ1n) is 6.87. The van der Waals surface area contributed by atoms with Gasteiger partial charge in [-0.3, -0.25) is 4.79 Å². The van der Waals surface area contributed by atoms with Gasteiger partial charge in [0.15, 0.2) is 0 Å². The second-order valence-electron chi connectivity index (χ2n) is 4.71. The Bertz CT molecular complexity index is 887. The van der Waals surface area contributed by atoms with E-state index >= 15 is 0 Å². The van der Waals surface area contributed by atoms with Crippen LogP contribution in [0.4, 0.5) is 5.69 Å². The van der Waals surface area contributed by atoms with E-state index in [0.717, 1.165) is 16.7 Å². The number of hydrogen-bond acceptors (Lipinski definition) is 5. The lowest BCUT2D eigenvalue weighted by atomic mass is 10.2. The van der Waals surface area contributed by atoms with E-state index in [2.05, 4.69) is 20.6 Å². The molecule has 0 unspecified atom stereocenters. The third-order valence-electron chi connectivity index (χ3n) is 3.17. The highest BCUT2D eigenvalue weighted by molar-refractivity contribution is 5.97. The molecule has 0 aliphatic rings. The normalized spacial score (nSPS) is 11.2. The van der Waals surface area contributed by atoms with Gasteiger partial charge in [0.2, 0.25) is 0 Å². The molecule has 0 atom stereocenters. The molecule has 23 heavy (non-hydrogen) atoms. The highest BCUT2D eigenvalue weighted by Crippen LogP contribution is 2.15. The summed E-state index contributed by atoms with van der Waals surface area (Å²) in [6.45, 7) is 0.227. The Labute approximate surface area is 131 Å². The number of nitriles is 1. The lowest BCUT2D eigenvalue weighted by molar-refractivity contribution is -0.117. The van der Waals surface area contributed by atoms with Crippen molar-refractivity contribution in [1.82, 2.24) is 15.3 Å². The third kappa shape index (κ3) is 3.39. The average Bonchev–Trinajstić information content (AvgIpc) is 3.24. The molecule has 0 bridgehead atoms. The summed E-state index contributed by atoms with van der Waals surface area (Å²) < 4.78 is 5.12. The third-order valence-corrected chi connectivity index (χ3v) is 3.17. The smallest absolute Gasteiger partial charge is 0.263 e. The summed E-state index contributed by atoms with van der Waals surface area (Å²) in [4.78, 5) is 19.1. The van der Waals surface area contributed by atoms with E-state index < -0.39 is 5.91 Å². The molecular formula is C16H13N5O2. The number of anilines is 1. The molecule has 0 aliphatic heterocycles. The lowest BCUT2D eigenvalue weighted by Crippen LogP contribution is -2.24. The van der Waals surface area contributed by atoms with Crippen LogP contribution in [0.5, 0.6) is 0 Å². The molecule has 0 saturated heterocycles. The second-order valence-corrected chi connectivity index (χ2v) is 4.71. The monoisotopic (exact) mass is 307 g/mol. The van der Waals surface area contributed by atoms with Gasteiger partial charge in [0.05, 0.1) is 30.2 Å². The van der Waals surface area contributed by atoms with E-state index in [1.807, 2.05) is 24.3 Å². The molecule has 0 spiro atoms. The Morgan fingerprint density at radius 1 is 1.43 bits per heavy atom. The van der Waals surface area contributed by atoms with Crippen molar-refractivity contribution >= 4 is 22.6 Å². The molecule has 3 rings (SSSR count). The van der Waals surface area contributed by atoms with Crippen LogP contribution in [0.3, 0.4) is 0 Å². The average molecular weight is 307 g/mol. The van der Waals surface area contributed by atoms with E-state index in [1.54, 1.807) is 18.5 Å². The van der Waals surface area contributed by atoms with E-state index in [4.69, 9.17) is 9.68 Å². The molecule has 0 saturated carbocycles. The van der Waals surface area contributed by atoms with Crippen molar-refractivity contribution in [1.29, 1.82) is 5.26 Å². The lowest BCUT2D eigenvalue weighted by Gasteiger charge is -2.04. The Balaban J connectivity index is 1.65. The Morgan fingerprint density at radius 3 is 3.13 bits per heavy atom. The van der Waals surface area contributed by atoms with Crippen molar-refractivity contribution in [3.05, 3.63) is 60.5 Å². The van der Waals surface area contributed by atoms with E-state index in [-0.39, 0.29) is 12.1 Å². The SMILES string of the molecule is N#C/C(=C/Nc1ccc2nc[nH]c2c1)C(=O)NCc1ccco1. The first-order chi connectivity index (χ1) is 11.3. The quantitative estimate of drug-likeness (QED) is 0.495. The van der Waals surface area contributed by atoms with Crippen molar-refractivity contribution in [3.63, 3.8) is 0 Å². The number of H-pyrrole nitrogens is 1. The molecule has 3 N–H and O–H groups in total. The van der Waals surface area contributed by atoms with Gasteiger partial charge in [-0.1, -0.05) is 0 Å². The maximum absolute atomic E-state index is 12.0. The number of hydrogen-bond donors (Lipinski definition) is 3. The van der Waals surface area contributed by atoms with Crippen molar-refractivity contribution in [3.8, 4) is 6.07 Å². The van der Waals surface area contributed by atoms with Gasteiger partial charge in [0.1, 0.15) is 17.4 Å². The first kappa shape index (κ1) is 14.4. The number of nitrogens with one attached hydrogen (secondary N) is 3. The molecule has 7 nitrogen and oxygen atoms in total. The minimum absolute atomic E-state index is 0.0266. The molecule has 7 heteroatoms. The summed E-state index contributed by atoms with van der Waals surface area (Å²) in [5, 5.41) is 14.7. The summed E-state index contributed by atoms with van der Waals surface area (Å²) in [7, 11) is 0. The minimum Gasteiger partial charge on any atom is -0.467 e. The van der Waals surface area contributed by atoms with Crippen LogP contribution in [0.2, 0.25) is 0 Å². The maximum atomic E-state index is 12.0. The van der Waals surface area contributed by atoms with Gasteiger partial charge in [0, 0.05) is 11.9 Å². The summed E-state index contributed by atoms with van der Waals surface area (Å²) in [6, 6.07) is 10.8. The van der Waals surface area contributed by atoms with E-state index in [1.165, 1.54) is 12.5 Å². The van der Waals surface area contributed by atoms with E-state index in [9.17, 15) is 4.79 Å². The number of benzene rings is 1. The van der Waals surface area contributed by atoms with Gasteiger partial charge >= 0.3 is 0 Å². The Kier molecular flexibility index (Phi) is 4.07. The van der Waals surface area contributed by atoms with Crippen LogP contribution >= 0.6 is 0 Å². The number of amides is 1. The molecular weight excluding hydrogens is 294 g/mol. The molecule has 3 aromatic rings. The molecule has 2 aromatic heterocycles.